The lowest BCUT2D eigenvalue weighted by atomic mass is 9.89. The van der Waals surface area contributed by atoms with Crippen LogP contribution in [0.5, 0.6) is 0 Å². The maximum Gasteiger partial charge on any atom is 0.0538 e. The molecule has 0 aromatic heterocycles. The van der Waals surface area contributed by atoms with Crippen LogP contribution in [0.4, 0.5) is 0 Å². The Morgan fingerprint density at radius 2 is 2.00 bits per heavy atom. The summed E-state index contributed by atoms with van der Waals surface area (Å²) in [4.78, 5) is 0. The number of nitrogens with one attached hydrogen (secondary N) is 1. The van der Waals surface area contributed by atoms with Gasteiger partial charge in [-0.25, -0.2) is 0 Å². The van der Waals surface area contributed by atoms with E-state index in [2.05, 4.69) is 37.4 Å². The van der Waals surface area contributed by atoms with Crippen LogP contribution in [0.2, 0.25) is 5.02 Å². The Balaban J connectivity index is 2.29. The zero-order valence-corrected chi connectivity index (χ0v) is 13.5. The lowest BCUT2D eigenvalue weighted by molar-refractivity contribution is 0.552. The molecule has 1 aromatic rings. The molecule has 1 aromatic carbocycles. The van der Waals surface area contributed by atoms with Gasteiger partial charge in [-0.3, -0.25) is 0 Å². The number of hydrogen-bond acceptors (Lipinski definition) is 1. The highest BCUT2D eigenvalue weighted by molar-refractivity contribution is 6.30. The van der Waals surface area contributed by atoms with E-state index in [0.29, 0.717) is 6.04 Å². The van der Waals surface area contributed by atoms with E-state index in [-0.39, 0.29) is 0 Å². The Morgan fingerprint density at radius 1 is 1.20 bits per heavy atom. The van der Waals surface area contributed by atoms with Crippen LogP contribution in [-0.4, -0.2) is 6.54 Å². The molecule has 1 N–H and O–H groups in total. The van der Waals surface area contributed by atoms with Gasteiger partial charge in [0.05, 0.1) is 6.04 Å². The van der Waals surface area contributed by atoms with Gasteiger partial charge in [-0.15, -0.1) is 0 Å². The van der Waals surface area contributed by atoms with Crippen molar-refractivity contribution in [1.82, 2.24) is 5.32 Å². The first-order chi connectivity index (χ1) is 9.72. The third-order valence-corrected chi connectivity index (χ3v) is 4.38. The average Bonchev–Trinajstić information content (AvgIpc) is 2.37. The maximum atomic E-state index is 6.10. The largest absolute Gasteiger partial charge is 0.307 e. The van der Waals surface area contributed by atoms with Crippen molar-refractivity contribution in [2.24, 2.45) is 0 Å². The van der Waals surface area contributed by atoms with Gasteiger partial charge >= 0.3 is 0 Å². The van der Waals surface area contributed by atoms with E-state index in [4.69, 9.17) is 11.6 Å². The highest BCUT2D eigenvalue weighted by atomic mass is 35.5. The molecule has 0 radical (unpaired) electrons. The van der Waals surface area contributed by atoms with Gasteiger partial charge in [0.15, 0.2) is 0 Å². The lowest BCUT2D eigenvalue weighted by Crippen LogP contribution is -2.24. The highest BCUT2D eigenvalue weighted by Crippen LogP contribution is 2.31. The predicted molar refractivity (Wildman–Crippen MR) is 88.4 cm³/mol. The van der Waals surface area contributed by atoms with Crippen LogP contribution in [0.3, 0.4) is 0 Å². The molecule has 2 rings (SSSR count). The number of halogens is 1. The number of likely N-dealkylation sites (N-methyl/N-ethyl adjacent to an activating group) is 1. The third-order valence-electron chi connectivity index (χ3n) is 4.15. The van der Waals surface area contributed by atoms with E-state index < -0.39 is 0 Å². The normalized spacial score (nSPS) is 20.6. The molecule has 0 spiro atoms. The summed E-state index contributed by atoms with van der Waals surface area (Å²) in [7, 11) is 0. The van der Waals surface area contributed by atoms with Crippen molar-refractivity contribution in [3.63, 3.8) is 0 Å². The first-order valence-electron chi connectivity index (χ1n) is 7.90. The average molecular weight is 292 g/mol. The number of benzene rings is 1. The second kappa shape index (κ2) is 7.85. The van der Waals surface area contributed by atoms with Gasteiger partial charge in [0.1, 0.15) is 0 Å². The first-order valence-corrected chi connectivity index (χ1v) is 8.28. The Kier molecular flexibility index (Phi) is 6.12. The standard InChI is InChI=1S/C18H26ClN/c1-3-20-18(15-9-7-5-4-6-8-10-15)17-12-11-16(19)13-14(17)2/h9,11-13,18,20H,3-8,10H2,1-2H3/b15-9+. The summed E-state index contributed by atoms with van der Waals surface area (Å²) < 4.78 is 0. The van der Waals surface area contributed by atoms with Crippen LogP contribution in [0.1, 0.15) is 62.6 Å². The molecular weight excluding hydrogens is 266 g/mol. The molecule has 110 valence electrons. The second-order valence-corrected chi connectivity index (χ2v) is 6.16. The molecule has 20 heavy (non-hydrogen) atoms. The fraction of sp³-hybridized carbons (Fsp3) is 0.556. The monoisotopic (exact) mass is 291 g/mol. The van der Waals surface area contributed by atoms with E-state index in [9.17, 15) is 0 Å². The van der Waals surface area contributed by atoms with Crippen LogP contribution in [0.15, 0.2) is 29.8 Å². The Bertz CT molecular complexity index is 464. The summed E-state index contributed by atoms with van der Waals surface area (Å²) in [5.74, 6) is 0. The minimum atomic E-state index is 0.357. The van der Waals surface area contributed by atoms with E-state index in [1.54, 1.807) is 5.57 Å². The predicted octanol–water partition coefficient (Wildman–Crippen LogP) is 5.58. The molecule has 1 aliphatic rings. The number of allylic oxidation sites excluding steroid dienone is 1. The SMILES string of the molecule is CCNC(/C1=C/CCCCCC1)c1ccc(Cl)cc1C. The summed E-state index contributed by atoms with van der Waals surface area (Å²) in [5, 5.41) is 4.49. The smallest absolute Gasteiger partial charge is 0.0538 e. The van der Waals surface area contributed by atoms with Gasteiger partial charge in [0, 0.05) is 5.02 Å². The Hall–Kier alpha value is -0.790. The van der Waals surface area contributed by atoms with Crippen molar-refractivity contribution in [2.45, 2.75) is 58.4 Å². The summed E-state index contributed by atoms with van der Waals surface area (Å²) in [6, 6.07) is 6.63. The van der Waals surface area contributed by atoms with Crippen LogP contribution in [-0.2, 0) is 0 Å². The van der Waals surface area contributed by atoms with Crippen LogP contribution >= 0.6 is 11.6 Å². The molecule has 1 aliphatic carbocycles. The quantitative estimate of drug-likeness (QED) is 0.714. The van der Waals surface area contributed by atoms with E-state index in [1.807, 2.05) is 6.07 Å². The molecule has 1 nitrogen and oxygen atoms in total. The number of aryl methyl sites for hydroxylation is 1. The third kappa shape index (κ3) is 4.10. The highest BCUT2D eigenvalue weighted by Gasteiger charge is 2.18. The minimum Gasteiger partial charge on any atom is -0.307 e. The summed E-state index contributed by atoms with van der Waals surface area (Å²) >= 11 is 6.10. The molecule has 0 saturated carbocycles. The zero-order valence-electron chi connectivity index (χ0n) is 12.7. The van der Waals surface area contributed by atoms with Crippen molar-refractivity contribution in [1.29, 1.82) is 0 Å². The van der Waals surface area contributed by atoms with E-state index in [0.717, 1.165) is 11.6 Å². The fourth-order valence-electron chi connectivity index (χ4n) is 3.09. The summed E-state index contributed by atoms with van der Waals surface area (Å²) in [6.07, 6.45) is 10.3. The molecule has 1 unspecified atom stereocenters. The van der Waals surface area contributed by atoms with Gasteiger partial charge < -0.3 is 5.32 Å². The van der Waals surface area contributed by atoms with Crippen molar-refractivity contribution in [3.05, 3.63) is 46.0 Å². The Morgan fingerprint density at radius 3 is 2.75 bits per heavy atom. The topological polar surface area (TPSA) is 12.0 Å². The molecule has 0 amide bonds. The van der Waals surface area contributed by atoms with Gasteiger partial charge in [-0.05, 0) is 62.4 Å². The van der Waals surface area contributed by atoms with Crippen LogP contribution in [0.25, 0.3) is 0 Å². The molecule has 0 saturated heterocycles. The number of hydrogen-bond donors (Lipinski definition) is 1. The molecule has 0 fully saturated rings. The van der Waals surface area contributed by atoms with Crippen molar-refractivity contribution in [3.8, 4) is 0 Å². The molecule has 1 atom stereocenters. The minimum absolute atomic E-state index is 0.357. The van der Waals surface area contributed by atoms with Crippen molar-refractivity contribution >= 4 is 11.6 Å². The Labute approximate surface area is 128 Å². The van der Waals surface area contributed by atoms with Crippen LogP contribution < -0.4 is 5.32 Å². The van der Waals surface area contributed by atoms with Gasteiger partial charge in [-0.1, -0.05) is 49.1 Å². The van der Waals surface area contributed by atoms with Crippen LogP contribution in [0, 0.1) is 6.92 Å². The van der Waals surface area contributed by atoms with Gasteiger partial charge in [0.25, 0.3) is 0 Å². The van der Waals surface area contributed by atoms with Gasteiger partial charge in [-0.2, -0.15) is 0 Å². The maximum absolute atomic E-state index is 6.10. The summed E-state index contributed by atoms with van der Waals surface area (Å²) in [6.45, 7) is 5.33. The zero-order chi connectivity index (χ0) is 14.4. The molecule has 0 bridgehead atoms. The summed E-state index contributed by atoms with van der Waals surface area (Å²) in [5.41, 5.74) is 4.23. The number of rotatable bonds is 4. The van der Waals surface area contributed by atoms with Crippen molar-refractivity contribution < 1.29 is 0 Å². The van der Waals surface area contributed by atoms with E-state index >= 15 is 0 Å². The lowest BCUT2D eigenvalue weighted by Gasteiger charge is -2.25. The second-order valence-electron chi connectivity index (χ2n) is 5.72. The molecule has 2 heteroatoms. The van der Waals surface area contributed by atoms with E-state index in [1.165, 1.54) is 49.7 Å². The van der Waals surface area contributed by atoms with Crippen molar-refractivity contribution in [2.75, 3.05) is 6.54 Å². The van der Waals surface area contributed by atoms with Gasteiger partial charge in [0.2, 0.25) is 0 Å². The molecule has 0 aliphatic heterocycles. The first kappa shape index (κ1) is 15.6. The molecule has 0 heterocycles. The molecular formula is C18H26ClN. The fourth-order valence-corrected chi connectivity index (χ4v) is 3.31.